The first-order chi connectivity index (χ1) is 9.11. The van der Waals surface area contributed by atoms with Crippen molar-refractivity contribution in [2.45, 2.75) is 45.7 Å². The number of ether oxygens (including phenoxy) is 1. The number of hydrogen-bond acceptors (Lipinski definition) is 2. The van der Waals surface area contributed by atoms with Crippen LogP contribution in [0.15, 0.2) is 18.2 Å². The highest BCUT2D eigenvalue weighted by Crippen LogP contribution is 2.33. The number of benzene rings is 1. The molecule has 0 saturated carbocycles. The van der Waals surface area contributed by atoms with E-state index in [-0.39, 0.29) is 0 Å². The molecule has 0 saturated heterocycles. The van der Waals surface area contributed by atoms with Crippen molar-refractivity contribution in [3.05, 3.63) is 34.3 Å². The van der Waals surface area contributed by atoms with E-state index in [1.807, 2.05) is 13.0 Å². The first kappa shape index (κ1) is 14.8. The van der Waals surface area contributed by atoms with Gasteiger partial charge < -0.3 is 10.1 Å². The lowest BCUT2D eigenvalue weighted by Gasteiger charge is -2.26. The Morgan fingerprint density at radius 3 is 2.89 bits per heavy atom. The number of aryl methyl sites for hydroxylation is 1. The molecule has 0 heterocycles. The predicted octanol–water partition coefficient (Wildman–Crippen LogP) is 3.98. The van der Waals surface area contributed by atoms with Crippen molar-refractivity contribution in [3.63, 3.8) is 0 Å². The molecule has 2 atom stereocenters. The Hall–Kier alpha value is -0.570. The van der Waals surface area contributed by atoms with Gasteiger partial charge in [0.2, 0.25) is 0 Å². The average molecular weight is 282 g/mol. The van der Waals surface area contributed by atoms with Crippen LogP contribution in [0.4, 0.5) is 0 Å². The van der Waals surface area contributed by atoms with E-state index in [9.17, 15) is 0 Å². The van der Waals surface area contributed by atoms with Gasteiger partial charge in [-0.2, -0.15) is 0 Å². The number of halogens is 1. The first-order valence-electron chi connectivity index (χ1n) is 7.24. The largest absolute Gasteiger partial charge is 0.380 e. The van der Waals surface area contributed by atoms with E-state index in [0.717, 1.165) is 31.1 Å². The van der Waals surface area contributed by atoms with Crippen molar-refractivity contribution in [2.24, 2.45) is 5.92 Å². The molecule has 1 aromatic rings. The van der Waals surface area contributed by atoms with Gasteiger partial charge in [-0.05, 0) is 48.9 Å². The number of nitrogens with one attached hydrogen (secondary N) is 1. The van der Waals surface area contributed by atoms with Gasteiger partial charge in [0.25, 0.3) is 0 Å². The zero-order valence-corrected chi connectivity index (χ0v) is 12.8. The molecule has 1 aliphatic carbocycles. The van der Waals surface area contributed by atoms with Gasteiger partial charge in [0, 0.05) is 23.7 Å². The van der Waals surface area contributed by atoms with Gasteiger partial charge in [-0.25, -0.2) is 0 Å². The van der Waals surface area contributed by atoms with E-state index in [1.165, 1.54) is 11.1 Å². The maximum Gasteiger partial charge on any atom is 0.0622 e. The Bertz CT molecular complexity index is 419. The molecular weight excluding hydrogens is 258 g/mol. The highest BCUT2D eigenvalue weighted by molar-refractivity contribution is 6.30. The van der Waals surface area contributed by atoms with E-state index in [0.29, 0.717) is 18.0 Å². The standard InChI is InChI=1S/C16H24ClNO/c1-4-19-10-16(11(2)3)18-15-8-5-12-9-13(17)6-7-14(12)15/h6-7,9,11,15-16,18H,4-5,8,10H2,1-3H3. The molecule has 3 heteroatoms. The van der Waals surface area contributed by atoms with Gasteiger partial charge in [0.05, 0.1) is 6.61 Å². The summed E-state index contributed by atoms with van der Waals surface area (Å²) >= 11 is 6.06. The summed E-state index contributed by atoms with van der Waals surface area (Å²) in [5.41, 5.74) is 2.80. The average Bonchev–Trinajstić information content (AvgIpc) is 2.76. The molecule has 1 N–H and O–H groups in total. The van der Waals surface area contributed by atoms with Crippen LogP contribution in [0.5, 0.6) is 0 Å². The van der Waals surface area contributed by atoms with Crippen LogP contribution in [-0.4, -0.2) is 19.3 Å². The van der Waals surface area contributed by atoms with Crippen LogP contribution in [-0.2, 0) is 11.2 Å². The highest BCUT2D eigenvalue weighted by Gasteiger charge is 2.26. The fraction of sp³-hybridized carbons (Fsp3) is 0.625. The van der Waals surface area contributed by atoms with Crippen molar-refractivity contribution in [2.75, 3.05) is 13.2 Å². The summed E-state index contributed by atoms with van der Waals surface area (Å²) in [6, 6.07) is 7.12. The van der Waals surface area contributed by atoms with Gasteiger partial charge in [0.1, 0.15) is 0 Å². The lowest BCUT2D eigenvalue weighted by atomic mass is 10.0. The minimum absolute atomic E-state index is 0.409. The minimum Gasteiger partial charge on any atom is -0.380 e. The van der Waals surface area contributed by atoms with Gasteiger partial charge in [-0.15, -0.1) is 0 Å². The first-order valence-corrected chi connectivity index (χ1v) is 7.61. The van der Waals surface area contributed by atoms with E-state index in [4.69, 9.17) is 16.3 Å². The van der Waals surface area contributed by atoms with Gasteiger partial charge in [-0.1, -0.05) is 31.5 Å². The maximum atomic E-state index is 6.06. The minimum atomic E-state index is 0.409. The Balaban J connectivity index is 2.04. The topological polar surface area (TPSA) is 21.3 Å². The summed E-state index contributed by atoms with van der Waals surface area (Å²) in [5, 5.41) is 4.60. The molecule has 0 fully saturated rings. The Morgan fingerprint density at radius 2 is 2.21 bits per heavy atom. The van der Waals surface area contributed by atoms with Gasteiger partial charge in [0.15, 0.2) is 0 Å². The summed E-state index contributed by atoms with van der Waals surface area (Å²) < 4.78 is 5.59. The monoisotopic (exact) mass is 281 g/mol. The normalized spacial score (nSPS) is 19.7. The Kier molecular flexibility index (Phi) is 5.26. The van der Waals surface area contributed by atoms with Crippen LogP contribution < -0.4 is 5.32 Å². The molecule has 0 spiro atoms. The van der Waals surface area contributed by atoms with Crippen molar-refractivity contribution >= 4 is 11.6 Å². The molecule has 0 bridgehead atoms. The van der Waals surface area contributed by atoms with Gasteiger partial charge in [-0.3, -0.25) is 0 Å². The molecule has 2 unspecified atom stereocenters. The molecule has 19 heavy (non-hydrogen) atoms. The Morgan fingerprint density at radius 1 is 1.42 bits per heavy atom. The van der Waals surface area contributed by atoms with Crippen molar-refractivity contribution in [1.82, 2.24) is 5.32 Å². The number of rotatable bonds is 6. The molecule has 1 aromatic carbocycles. The third-order valence-corrected chi connectivity index (χ3v) is 4.14. The third kappa shape index (κ3) is 3.71. The summed E-state index contributed by atoms with van der Waals surface area (Å²) in [4.78, 5) is 0. The Labute approximate surface area is 121 Å². The molecule has 0 aromatic heterocycles. The van der Waals surface area contributed by atoms with E-state index >= 15 is 0 Å². The summed E-state index contributed by atoms with van der Waals surface area (Å²) in [7, 11) is 0. The SMILES string of the molecule is CCOCC(NC1CCc2cc(Cl)ccc21)C(C)C. The molecule has 0 radical (unpaired) electrons. The van der Waals surface area contributed by atoms with Crippen molar-refractivity contribution in [3.8, 4) is 0 Å². The summed E-state index contributed by atoms with van der Waals surface area (Å²) in [6.07, 6.45) is 2.28. The lowest BCUT2D eigenvalue weighted by molar-refractivity contribution is 0.103. The fourth-order valence-corrected chi connectivity index (χ4v) is 2.89. The number of hydrogen-bond donors (Lipinski definition) is 1. The third-order valence-electron chi connectivity index (χ3n) is 3.90. The van der Waals surface area contributed by atoms with Crippen LogP contribution in [0.2, 0.25) is 5.02 Å². The van der Waals surface area contributed by atoms with Crippen molar-refractivity contribution in [1.29, 1.82) is 0 Å². The van der Waals surface area contributed by atoms with Gasteiger partial charge >= 0.3 is 0 Å². The van der Waals surface area contributed by atoms with Crippen molar-refractivity contribution < 1.29 is 4.74 Å². The molecule has 2 rings (SSSR count). The second kappa shape index (κ2) is 6.74. The van der Waals surface area contributed by atoms with Crippen LogP contribution in [0.25, 0.3) is 0 Å². The van der Waals surface area contributed by atoms with Crippen LogP contribution in [0, 0.1) is 5.92 Å². The quantitative estimate of drug-likeness (QED) is 0.852. The second-order valence-corrected chi connectivity index (χ2v) is 6.05. The van der Waals surface area contributed by atoms with Crippen LogP contribution in [0.1, 0.15) is 44.4 Å². The zero-order chi connectivity index (χ0) is 13.8. The van der Waals surface area contributed by atoms with Crippen LogP contribution >= 0.6 is 11.6 Å². The highest BCUT2D eigenvalue weighted by atomic mass is 35.5. The van der Waals surface area contributed by atoms with E-state index in [1.54, 1.807) is 0 Å². The lowest BCUT2D eigenvalue weighted by Crippen LogP contribution is -2.39. The smallest absolute Gasteiger partial charge is 0.0622 e. The zero-order valence-electron chi connectivity index (χ0n) is 12.1. The van der Waals surface area contributed by atoms with E-state index in [2.05, 4.69) is 31.3 Å². The van der Waals surface area contributed by atoms with E-state index < -0.39 is 0 Å². The fourth-order valence-electron chi connectivity index (χ4n) is 2.70. The molecule has 0 amide bonds. The summed E-state index contributed by atoms with van der Waals surface area (Å²) in [6.45, 7) is 8.10. The molecule has 106 valence electrons. The molecule has 0 aliphatic heterocycles. The predicted molar refractivity (Wildman–Crippen MR) is 80.8 cm³/mol. The summed E-state index contributed by atoms with van der Waals surface area (Å²) in [5.74, 6) is 0.572. The molecule has 2 nitrogen and oxygen atoms in total. The molecular formula is C16H24ClNO. The maximum absolute atomic E-state index is 6.06. The molecule has 1 aliphatic rings. The number of fused-ring (bicyclic) bond motifs is 1. The van der Waals surface area contributed by atoms with Crippen LogP contribution in [0.3, 0.4) is 0 Å². The second-order valence-electron chi connectivity index (χ2n) is 5.61.